The lowest BCUT2D eigenvalue weighted by Crippen LogP contribution is -2.18. The lowest BCUT2D eigenvalue weighted by Gasteiger charge is -2.13. The summed E-state index contributed by atoms with van der Waals surface area (Å²) in [5.74, 6) is 0.747. The Morgan fingerprint density at radius 1 is 1.00 bits per heavy atom. The first kappa shape index (κ1) is 13.2. The van der Waals surface area contributed by atoms with Crippen LogP contribution < -0.4 is 10.5 Å². The summed E-state index contributed by atoms with van der Waals surface area (Å²) in [6.45, 7) is 0.391. The van der Waals surface area contributed by atoms with E-state index in [2.05, 4.69) is 0 Å². The summed E-state index contributed by atoms with van der Waals surface area (Å²) in [5, 5.41) is 1.36. The molecule has 2 rings (SSSR count). The predicted octanol–water partition coefficient (Wildman–Crippen LogP) is 4.07. The average Bonchev–Trinajstić information content (AvgIpc) is 2.38. The fraction of sp³-hybridized carbons (Fsp3) is 0.143. The van der Waals surface area contributed by atoms with E-state index in [9.17, 15) is 0 Å². The van der Waals surface area contributed by atoms with E-state index in [0.717, 1.165) is 11.3 Å². The second-order valence-corrected chi connectivity index (χ2v) is 4.80. The zero-order chi connectivity index (χ0) is 13.0. The maximum Gasteiger partial charge on any atom is 0.119 e. The van der Waals surface area contributed by atoms with E-state index >= 15 is 0 Å². The Kier molecular flexibility index (Phi) is 4.48. The van der Waals surface area contributed by atoms with Crippen LogP contribution in [-0.2, 0) is 0 Å². The molecule has 0 radical (unpaired) electrons. The van der Waals surface area contributed by atoms with Crippen molar-refractivity contribution < 1.29 is 4.74 Å². The molecule has 0 aliphatic carbocycles. The van der Waals surface area contributed by atoms with E-state index in [1.165, 1.54) is 0 Å². The van der Waals surface area contributed by atoms with Crippen LogP contribution in [0.4, 0.5) is 0 Å². The van der Waals surface area contributed by atoms with Crippen LogP contribution in [0.1, 0.15) is 11.6 Å². The lowest BCUT2D eigenvalue weighted by atomic mass is 10.1. The molecule has 0 saturated heterocycles. The third kappa shape index (κ3) is 3.64. The number of halogens is 2. The minimum Gasteiger partial charge on any atom is -0.492 e. The largest absolute Gasteiger partial charge is 0.492 e. The molecule has 0 spiro atoms. The first-order valence-corrected chi connectivity index (χ1v) is 6.30. The summed E-state index contributed by atoms with van der Waals surface area (Å²) >= 11 is 11.7. The number of ether oxygens (including phenoxy) is 1. The van der Waals surface area contributed by atoms with Crippen LogP contribution in [0.15, 0.2) is 48.5 Å². The van der Waals surface area contributed by atoms with E-state index in [1.54, 1.807) is 12.1 Å². The molecule has 2 aromatic rings. The van der Waals surface area contributed by atoms with Crippen molar-refractivity contribution in [1.29, 1.82) is 0 Å². The van der Waals surface area contributed by atoms with Crippen LogP contribution in [0, 0.1) is 0 Å². The molecular weight excluding hydrogens is 269 g/mol. The van der Waals surface area contributed by atoms with Gasteiger partial charge in [-0.1, -0.05) is 35.3 Å². The van der Waals surface area contributed by atoms with Crippen molar-refractivity contribution in [2.75, 3.05) is 6.61 Å². The molecule has 0 aliphatic rings. The van der Waals surface area contributed by atoms with Gasteiger partial charge in [-0.25, -0.2) is 0 Å². The maximum absolute atomic E-state index is 6.03. The zero-order valence-electron chi connectivity index (χ0n) is 9.64. The molecule has 0 heterocycles. The first-order valence-electron chi connectivity index (χ1n) is 5.54. The van der Waals surface area contributed by atoms with Crippen molar-refractivity contribution in [3.63, 3.8) is 0 Å². The molecule has 4 heteroatoms. The van der Waals surface area contributed by atoms with Gasteiger partial charge in [-0.15, -0.1) is 0 Å². The zero-order valence-corrected chi connectivity index (χ0v) is 11.2. The molecule has 0 aliphatic heterocycles. The fourth-order valence-electron chi connectivity index (χ4n) is 1.55. The molecular formula is C14H13Cl2NO. The third-order valence-corrected chi connectivity index (χ3v) is 3.01. The Bertz CT molecular complexity index is 513. The standard InChI is InChI=1S/C14H13Cl2NO/c15-11-4-6-13(7-5-11)18-9-14(17)10-2-1-3-12(16)8-10/h1-8,14H,9,17H2. The molecule has 2 aromatic carbocycles. The van der Waals surface area contributed by atoms with Gasteiger partial charge in [-0.05, 0) is 42.0 Å². The van der Waals surface area contributed by atoms with Crippen LogP contribution >= 0.6 is 23.2 Å². The van der Waals surface area contributed by atoms with Crippen molar-refractivity contribution in [2.24, 2.45) is 5.73 Å². The first-order chi connectivity index (χ1) is 8.65. The van der Waals surface area contributed by atoms with E-state index in [1.807, 2.05) is 36.4 Å². The highest BCUT2D eigenvalue weighted by Crippen LogP contribution is 2.19. The maximum atomic E-state index is 6.03. The highest BCUT2D eigenvalue weighted by molar-refractivity contribution is 6.30. The summed E-state index contributed by atoms with van der Waals surface area (Å²) in [6.07, 6.45) is 0. The molecule has 94 valence electrons. The molecule has 0 bridgehead atoms. The van der Waals surface area contributed by atoms with Gasteiger partial charge in [0.25, 0.3) is 0 Å². The van der Waals surface area contributed by atoms with Crippen LogP contribution in [-0.4, -0.2) is 6.61 Å². The lowest BCUT2D eigenvalue weighted by molar-refractivity contribution is 0.290. The normalized spacial score (nSPS) is 12.2. The Morgan fingerprint density at radius 3 is 2.39 bits per heavy atom. The molecule has 18 heavy (non-hydrogen) atoms. The molecule has 0 amide bonds. The molecule has 0 fully saturated rings. The average molecular weight is 282 g/mol. The van der Waals surface area contributed by atoms with E-state index in [-0.39, 0.29) is 6.04 Å². The summed E-state index contributed by atoms with van der Waals surface area (Å²) in [5.41, 5.74) is 6.99. The second kappa shape index (κ2) is 6.10. The molecule has 1 atom stereocenters. The second-order valence-electron chi connectivity index (χ2n) is 3.93. The van der Waals surface area contributed by atoms with Crippen molar-refractivity contribution in [3.8, 4) is 5.75 Å². The predicted molar refractivity (Wildman–Crippen MR) is 75.3 cm³/mol. The SMILES string of the molecule is NC(COc1ccc(Cl)cc1)c1cccc(Cl)c1. The minimum absolute atomic E-state index is 0.209. The van der Waals surface area contributed by atoms with Gasteiger partial charge in [-0.3, -0.25) is 0 Å². The van der Waals surface area contributed by atoms with Crippen LogP contribution in [0.5, 0.6) is 5.75 Å². The van der Waals surface area contributed by atoms with Gasteiger partial charge in [0.05, 0.1) is 6.04 Å². The molecule has 2 nitrogen and oxygen atoms in total. The minimum atomic E-state index is -0.209. The van der Waals surface area contributed by atoms with Crippen molar-refractivity contribution in [2.45, 2.75) is 6.04 Å². The van der Waals surface area contributed by atoms with Gasteiger partial charge in [0.2, 0.25) is 0 Å². The van der Waals surface area contributed by atoms with Crippen LogP contribution in [0.3, 0.4) is 0 Å². The number of hydrogen-bond donors (Lipinski definition) is 1. The molecule has 1 unspecified atom stereocenters. The topological polar surface area (TPSA) is 35.2 Å². The number of rotatable bonds is 4. The summed E-state index contributed by atoms with van der Waals surface area (Å²) < 4.78 is 5.59. The third-order valence-electron chi connectivity index (χ3n) is 2.52. The number of hydrogen-bond acceptors (Lipinski definition) is 2. The Labute approximate surface area is 116 Å². The van der Waals surface area contributed by atoms with Crippen LogP contribution in [0.25, 0.3) is 0 Å². The van der Waals surface area contributed by atoms with Gasteiger partial charge in [0, 0.05) is 10.0 Å². The van der Waals surface area contributed by atoms with Gasteiger partial charge in [-0.2, -0.15) is 0 Å². The fourth-order valence-corrected chi connectivity index (χ4v) is 1.87. The van der Waals surface area contributed by atoms with Gasteiger partial charge in [0.15, 0.2) is 0 Å². The summed E-state index contributed by atoms with van der Waals surface area (Å²) in [7, 11) is 0. The van der Waals surface area contributed by atoms with Gasteiger partial charge in [0.1, 0.15) is 12.4 Å². The van der Waals surface area contributed by atoms with E-state index < -0.39 is 0 Å². The highest BCUT2D eigenvalue weighted by Gasteiger charge is 2.07. The monoisotopic (exact) mass is 281 g/mol. The van der Waals surface area contributed by atoms with E-state index in [0.29, 0.717) is 16.7 Å². The molecule has 0 saturated carbocycles. The van der Waals surface area contributed by atoms with Crippen molar-refractivity contribution in [3.05, 3.63) is 64.1 Å². The summed E-state index contributed by atoms with van der Waals surface area (Å²) in [4.78, 5) is 0. The van der Waals surface area contributed by atoms with Crippen molar-refractivity contribution >= 4 is 23.2 Å². The summed E-state index contributed by atoms with van der Waals surface area (Å²) in [6, 6.07) is 14.4. The molecule has 2 N–H and O–H groups in total. The Balaban J connectivity index is 1.96. The highest BCUT2D eigenvalue weighted by atomic mass is 35.5. The van der Waals surface area contributed by atoms with E-state index in [4.69, 9.17) is 33.7 Å². The Morgan fingerprint density at radius 2 is 1.72 bits per heavy atom. The van der Waals surface area contributed by atoms with Gasteiger partial charge >= 0.3 is 0 Å². The Hall–Kier alpha value is -1.22. The number of nitrogens with two attached hydrogens (primary N) is 1. The van der Waals surface area contributed by atoms with Crippen LogP contribution in [0.2, 0.25) is 10.0 Å². The van der Waals surface area contributed by atoms with Gasteiger partial charge < -0.3 is 10.5 Å². The quantitative estimate of drug-likeness (QED) is 0.917. The smallest absolute Gasteiger partial charge is 0.119 e. The van der Waals surface area contributed by atoms with Crippen molar-refractivity contribution in [1.82, 2.24) is 0 Å². The number of benzene rings is 2. The molecule has 0 aromatic heterocycles.